The molecular weight excluding hydrogens is 443 g/mol. The van der Waals surface area contributed by atoms with Gasteiger partial charge in [-0.25, -0.2) is 0 Å². The smallest absolute Gasteiger partial charge is 0.251 e. The Morgan fingerprint density at radius 2 is 2.08 bits per heavy atom. The molecule has 26 heavy (non-hydrogen) atoms. The van der Waals surface area contributed by atoms with E-state index in [-0.39, 0.29) is 29.9 Å². The number of aliphatic imine (C=N–C) groups is 1. The number of carbonyl (C=O) groups excluding carboxylic acids is 1. The van der Waals surface area contributed by atoms with Crippen LogP contribution in [-0.4, -0.2) is 41.8 Å². The Hall–Kier alpha value is -2.10. The van der Waals surface area contributed by atoms with Gasteiger partial charge in [0.1, 0.15) is 0 Å². The van der Waals surface area contributed by atoms with Crippen molar-refractivity contribution in [3.63, 3.8) is 0 Å². The number of aromatic nitrogens is 2. The van der Waals surface area contributed by atoms with Crippen molar-refractivity contribution in [1.82, 2.24) is 25.7 Å². The Kier molecular flexibility index (Phi) is 10.4. The van der Waals surface area contributed by atoms with Crippen LogP contribution in [0.1, 0.15) is 29.3 Å². The van der Waals surface area contributed by atoms with Crippen LogP contribution in [0, 0.1) is 0 Å². The van der Waals surface area contributed by atoms with Crippen LogP contribution in [0.15, 0.2) is 47.7 Å². The van der Waals surface area contributed by atoms with Crippen LogP contribution in [0.4, 0.5) is 0 Å². The molecular formula is C18H27IN6O. The number of halogens is 1. The highest BCUT2D eigenvalue weighted by atomic mass is 127. The summed E-state index contributed by atoms with van der Waals surface area (Å²) in [7, 11) is 1.74. The van der Waals surface area contributed by atoms with E-state index in [1.165, 1.54) is 0 Å². The van der Waals surface area contributed by atoms with Crippen LogP contribution in [0.3, 0.4) is 0 Å². The molecule has 0 saturated heterocycles. The summed E-state index contributed by atoms with van der Waals surface area (Å²) in [6.07, 6.45) is 4.69. The highest BCUT2D eigenvalue weighted by Gasteiger charge is 2.05. The quantitative estimate of drug-likeness (QED) is 0.239. The second-order valence-corrected chi connectivity index (χ2v) is 5.54. The minimum absolute atomic E-state index is 0. The number of amides is 1. The molecule has 0 unspecified atom stereocenters. The average molecular weight is 470 g/mol. The number of guanidine groups is 1. The molecule has 1 aromatic heterocycles. The lowest BCUT2D eigenvalue weighted by Gasteiger charge is -2.12. The zero-order valence-electron chi connectivity index (χ0n) is 15.2. The van der Waals surface area contributed by atoms with Gasteiger partial charge in [0.25, 0.3) is 5.91 Å². The number of benzene rings is 1. The van der Waals surface area contributed by atoms with E-state index < -0.39 is 0 Å². The highest BCUT2D eigenvalue weighted by molar-refractivity contribution is 14.0. The Balaban J connectivity index is 0.00000338. The van der Waals surface area contributed by atoms with Gasteiger partial charge in [-0.3, -0.25) is 14.5 Å². The summed E-state index contributed by atoms with van der Waals surface area (Å²) >= 11 is 0. The summed E-state index contributed by atoms with van der Waals surface area (Å²) in [5, 5.41) is 13.5. The normalized spacial score (nSPS) is 10.8. The zero-order chi connectivity index (χ0) is 17.9. The molecule has 7 nitrogen and oxygen atoms in total. The molecule has 0 radical (unpaired) electrons. The van der Waals surface area contributed by atoms with E-state index in [0.717, 1.165) is 31.0 Å². The first kappa shape index (κ1) is 21.9. The average Bonchev–Trinajstić information content (AvgIpc) is 3.15. The van der Waals surface area contributed by atoms with Crippen molar-refractivity contribution >= 4 is 35.8 Å². The van der Waals surface area contributed by atoms with Crippen LogP contribution >= 0.6 is 24.0 Å². The summed E-state index contributed by atoms with van der Waals surface area (Å²) in [6.45, 7) is 4.80. The molecule has 0 fully saturated rings. The van der Waals surface area contributed by atoms with Gasteiger partial charge in [0.15, 0.2) is 5.96 Å². The first-order chi connectivity index (χ1) is 12.2. The molecule has 0 spiro atoms. The fraction of sp³-hybridized carbons (Fsp3) is 0.389. The topological polar surface area (TPSA) is 83.3 Å². The van der Waals surface area contributed by atoms with E-state index >= 15 is 0 Å². The molecule has 142 valence electrons. The second kappa shape index (κ2) is 12.3. The SMILES string of the molecule is CCNC(=O)c1cccc(CNC(=NC)NCCCn2cccn2)c1.I. The number of hydrogen-bond acceptors (Lipinski definition) is 3. The Labute approximate surface area is 171 Å². The fourth-order valence-electron chi connectivity index (χ4n) is 2.37. The van der Waals surface area contributed by atoms with E-state index in [1.54, 1.807) is 13.2 Å². The second-order valence-electron chi connectivity index (χ2n) is 5.54. The molecule has 0 aliphatic heterocycles. The van der Waals surface area contributed by atoms with Gasteiger partial charge in [-0.05, 0) is 37.1 Å². The molecule has 3 N–H and O–H groups in total. The van der Waals surface area contributed by atoms with Crippen molar-refractivity contribution in [3.05, 3.63) is 53.9 Å². The maximum atomic E-state index is 11.9. The van der Waals surface area contributed by atoms with Gasteiger partial charge in [-0.15, -0.1) is 24.0 Å². The molecule has 0 aliphatic rings. The lowest BCUT2D eigenvalue weighted by Crippen LogP contribution is -2.37. The van der Waals surface area contributed by atoms with Gasteiger partial charge in [0.05, 0.1) is 0 Å². The fourth-order valence-corrected chi connectivity index (χ4v) is 2.37. The van der Waals surface area contributed by atoms with Crippen molar-refractivity contribution in [2.75, 3.05) is 20.1 Å². The van der Waals surface area contributed by atoms with E-state index in [0.29, 0.717) is 18.7 Å². The van der Waals surface area contributed by atoms with Gasteiger partial charge < -0.3 is 16.0 Å². The van der Waals surface area contributed by atoms with Gasteiger partial charge in [-0.2, -0.15) is 5.10 Å². The predicted octanol–water partition coefficient (Wildman–Crippen LogP) is 2.01. The standard InChI is InChI=1S/C18H26N6O.HI/c1-3-20-17(25)16-8-4-7-15(13-16)14-22-18(19-2)21-9-5-11-24-12-6-10-23-24;/h4,6-8,10,12-13H,3,5,9,11,14H2,1-2H3,(H,20,25)(H2,19,21,22);1H. The predicted molar refractivity (Wildman–Crippen MR) is 115 cm³/mol. The van der Waals surface area contributed by atoms with Crippen molar-refractivity contribution in [3.8, 4) is 0 Å². The third-order valence-corrected chi connectivity index (χ3v) is 3.63. The molecule has 0 aliphatic carbocycles. The molecule has 0 saturated carbocycles. The molecule has 1 heterocycles. The van der Waals surface area contributed by atoms with Gasteiger partial charge in [-0.1, -0.05) is 12.1 Å². The molecule has 1 aromatic carbocycles. The largest absolute Gasteiger partial charge is 0.356 e. The first-order valence-electron chi connectivity index (χ1n) is 8.52. The minimum atomic E-state index is -0.0505. The lowest BCUT2D eigenvalue weighted by atomic mass is 10.1. The summed E-state index contributed by atoms with van der Waals surface area (Å²) in [5.74, 6) is 0.689. The van der Waals surface area contributed by atoms with Crippen molar-refractivity contribution in [1.29, 1.82) is 0 Å². The van der Waals surface area contributed by atoms with Gasteiger partial charge in [0, 0.05) is 51.2 Å². The van der Waals surface area contributed by atoms with E-state index in [4.69, 9.17) is 0 Å². The number of carbonyl (C=O) groups is 1. The van der Waals surface area contributed by atoms with Crippen molar-refractivity contribution in [2.45, 2.75) is 26.4 Å². The Morgan fingerprint density at radius 1 is 1.23 bits per heavy atom. The molecule has 0 bridgehead atoms. The zero-order valence-corrected chi connectivity index (χ0v) is 17.6. The summed E-state index contributed by atoms with van der Waals surface area (Å²) in [5.41, 5.74) is 1.70. The van der Waals surface area contributed by atoms with Gasteiger partial charge in [0.2, 0.25) is 0 Å². The molecule has 0 atom stereocenters. The maximum absolute atomic E-state index is 11.9. The van der Waals surface area contributed by atoms with Crippen LogP contribution in [0.5, 0.6) is 0 Å². The highest BCUT2D eigenvalue weighted by Crippen LogP contribution is 2.05. The summed E-state index contributed by atoms with van der Waals surface area (Å²) in [4.78, 5) is 16.1. The Morgan fingerprint density at radius 3 is 2.77 bits per heavy atom. The monoisotopic (exact) mass is 470 g/mol. The molecule has 8 heteroatoms. The minimum Gasteiger partial charge on any atom is -0.356 e. The molecule has 2 rings (SSSR count). The van der Waals surface area contributed by atoms with Crippen molar-refractivity contribution < 1.29 is 4.79 Å². The first-order valence-corrected chi connectivity index (χ1v) is 8.52. The summed E-state index contributed by atoms with van der Waals surface area (Å²) < 4.78 is 1.91. The maximum Gasteiger partial charge on any atom is 0.251 e. The van der Waals surface area contributed by atoms with Crippen LogP contribution < -0.4 is 16.0 Å². The van der Waals surface area contributed by atoms with Crippen LogP contribution in [0.2, 0.25) is 0 Å². The number of nitrogens with one attached hydrogen (secondary N) is 3. The number of nitrogens with zero attached hydrogens (tertiary/aromatic N) is 3. The molecule has 2 aromatic rings. The van der Waals surface area contributed by atoms with Crippen molar-refractivity contribution in [2.24, 2.45) is 4.99 Å². The van der Waals surface area contributed by atoms with Gasteiger partial charge >= 0.3 is 0 Å². The Bertz CT molecular complexity index is 687. The third-order valence-electron chi connectivity index (χ3n) is 3.63. The lowest BCUT2D eigenvalue weighted by molar-refractivity contribution is 0.0955. The third kappa shape index (κ3) is 7.42. The van der Waals surface area contributed by atoms with E-state index in [9.17, 15) is 4.79 Å². The van der Waals surface area contributed by atoms with Crippen LogP contribution in [-0.2, 0) is 13.1 Å². The number of aryl methyl sites for hydroxylation is 1. The number of hydrogen-bond donors (Lipinski definition) is 3. The van der Waals surface area contributed by atoms with Crippen LogP contribution in [0.25, 0.3) is 0 Å². The van der Waals surface area contributed by atoms with E-state index in [1.807, 2.05) is 48.1 Å². The summed E-state index contributed by atoms with van der Waals surface area (Å²) in [6, 6.07) is 9.51. The number of rotatable bonds is 8. The van der Waals surface area contributed by atoms with E-state index in [2.05, 4.69) is 26.0 Å². The molecule has 1 amide bonds.